The molecule has 0 unspecified atom stereocenters. The number of rotatable bonds is 4. The molecule has 0 aliphatic carbocycles. The van der Waals surface area contributed by atoms with Gasteiger partial charge in [-0.05, 0) is 31.7 Å². The van der Waals surface area contributed by atoms with Crippen molar-refractivity contribution in [2.24, 2.45) is 7.05 Å². The van der Waals surface area contributed by atoms with E-state index in [1.54, 1.807) is 13.1 Å². The molecule has 28 heavy (non-hydrogen) atoms. The molecule has 0 radical (unpaired) electrons. The van der Waals surface area contributed by atoms with E-state index in [1.807, 2.05) is 11.8 Å². The van der Waals surface area contributed by atoms with Crippen molar-refractivity contribution in [1.82, 2.24) is 14.9 Å². The average molecular weight is 384 g/mol. The molecule has 1 fully saturated rings. The first-order valence-corrected chi connectivity index (χ1v) is 9.09. The van der Waals surface area contributed by atoms with E-state index in [0.717, 1.165) is 6.54 Å². The summed E-state index contributed by atoms with van der Waals surface area (Å²) in [6, 6.07) is 4.55. The first-order chi connectivity index (χ1) is 13.2. The predicted octanol–water partition coefficient (Wildman–Crippen LogP) is 2.11. The molecule has 1 aromatic carbocycles. The van der Waals surface area contributed by atoms with E-state index in [0.29, 0.717) is 35.3 Å². The van der Waals surface area contributed by atoms with Crippen LogP contribution in [0.2, 0.25) is 0 Å². The summed E-state index contributed by atoms with van der Waals surface area (Å²) >= 11 is 0. The smallest absolute Gasteiger partial charge is 0.341 e. The molecular weight excluding hydrogens is 363 g/mol. The topological polar surface area (TPSA) is 87.5 Å². The third-order valence-electron chi connectivity index (χ3n) is 5.26. The highest BCUT2D eigenvalue weighted by atomic mass is 19.1. The van der Waals surface area contributed by atoms with E-state index in [1.165, 1.54) is 22.9 Å². The lowest BCUT2D eigenvalue weighted by Crippen LogP contribution is -2.67. The van der Waals surface area contributed by atoms with Gasteiger partial charge in [0.2, 0.25) is 5.43 Å². The van der Waals surface area contributed by atoms with Gasteiger partial charge in [-0.2, -0.15) is 0 Å². The summed E-state index contributed by atoms with van der Waals surface area (Å²) in [5.74, 6) is -1.69. The van der Waals surface area contributed by atoms with Crippen molar-refractivity contribution >= 4 is 33.6 Å². The molecule has 3 heterocycles. The minimum absolute atomic E-state index is 0.0376. The molecule has 2 N–H and O–H groups in total. The minimum Gasteiger partial charge on any atom is -0.477 e. The second-order valence-electron chi connectivity index (χ2n) is 7.59. The Hall–Kier alpha value is -3.00. The van der Waals surface area contributed by atoms with E-state index in [2.05, 4.69) is 17.2 Å². The lowest BCUT2D eigenvalue weighted by Gasteiger charge is -2.50. The number of benzene rings is 1. The number of carboxylic acid groups (broad SMARTS) is 1. The Balaban J connectivity index is 1.84. The van der Waals surface area contributed by atoms with Gasteiger partial charge in [0, 0.05) is 31.7 Å². The first kappa shape index (κ1) is 18.4. The van der Waals surface area contributed by atoms with Crippen molar-refractivity contribution in [2.75, 3.05) is 24.5 Å². The third kappa shape index (κ3) is 2.80. The Morgan fingerprint density at radius 3 is 2.71 bits per heavy atom. The number of hydrogen-bond acceptors (Lipinski definition) is 5. The molecule has 2 aromatic heterocycles. The summed E-state index contributed by atoms with van der Waals surface area (Å²) in [6.45, 7) is 6.38. The summed E-state index contributed by atoms with van der Waals surface area (Å²) in [5.41, 5.74) is 0.395. The number of likely N-dealkylation sites (N-methyl/N-ethyl adjacent to an activating group) is 1. The summed E-state index contributed by atoms with van der Waals surface area (Å²) in [5, 5.41) is 13.2. The van der Waals surface area contributed by atoms with Crippen LogP contribution in [0.3, 0.4) is 0 Å². The van der Waals surface area contributed by atoms with E-state index >= 15 is 0 Å². The van der Waals surface area contributed by atoms with Crippen molar-refractivity contribution in [2.45, 2.75) is 19.4 Å². The van der Waals surface area contributed by atoms with Crippen LogP contribution in [0.4, 0.5) is 10.1 Å². The number of carbonyl (C=O) groups is 1. The van der Waals surface area contributed by atoms with Crippen molar-refractivity contribution in [3.05, 3.63) is 46.0 Å². The van der Waals surface area contributed by atoms with Crippen LogP contribution in [0.1, 0.15) is 24.2 Å². The van der Waals surface area contributed by atoms with Gasteiger partial charge in [-0.15, -0.1) is 0 Å². The Kier molecular flexibility index (Phi) is 4.11. The van der Waals surface area contributed by atoms with Crippen LogP contribution in [0.5, 0.6) is 0 Å². The quantitative estimate of drug-likeness (QED) is 0.670. The lowest BCUT2D eigenvalue weighted by atomic mass is 9.91. The molecule has 146 valence electrons. The van der Waals surface area contributed by atoms with E-state index in [9.17, 15) is 19.1 Å². The largest absolute Gasteiger partial charge is 0.477 e. The van der Waals surface area contributed by atoms with Crippen molar-refractivity contribution in [3.8, 4) is 0 Å². The minimum atomic E-state index is -1.30. The number of aryl methyl sites for hydroxylation is 1. The molecule has 0 amide bonds. The number of fused-ring (bicyclic) bond motifs is 2. The second-order valence-corrected chi connectivity index (χ2v) is 7.59. The zero-order valence-electron chi connectivity index (χ0n) is 15.9. The maximum absolute atomic E-state index is 14.7. The Labute approximate surface area is 160 Å². The fraction of sp³-hybridized carbons (Fsp3) is 0.350. The molecule has 8 heteroatoms. The third-order valence-corrected chi connectivity index (χ3v) is 5.26. The average Bonchev–Trinajstić information content (AvgIpc) is 2.61. The molecule has 4 rings (SSSR count). The van der Waals surface area contributed by atoms with E-state index < -0.39 is 17.2 Å². The summed E-state index contributed by atoms with van der Waals surface area (Å²) in [7, 11) is 1.63. The Bertz CT molecular complexity index is 1180. The number of aromatic carboxylic acids is 1. The first-order valence-electron chi connectivity index (χ1n) is 9.09. The predicted molar refractivity (Wildman–Crippen MR) is 106 cm³/mol. The van der Waals surface area contributed by atoms with Gasteiger partial charge < -0.3 is 19.9 Å². The van der Waals surface area contributed by atoms with Gasteiger partial charge in [0.1, 0.15) is 17.0 Å². The molecule has 0 atom stereocenters. The van der Waals surface area contributed by atoms with Crippen LogP contribution >= 0.6 is 0 Å². The van der Waals surface area contributed by atoms with Gasteiger partial charge in [-0.1, -0.05) is 6.92 Å². The van der Waals surface area contributed by atoms with Crippen molar-refractivity contribution in [3.63, 3.8) is 0 Å². The molecule has 0 saturated carbocycles. The number of anilines is 1. The lowest BCUT2D eigenvalue weighted by molar-refractivity contribution is 0.0695. The summed E-state index contributed by atoms with van der Waals surface area (Å²) in [4.78, 5) is 30.2. The van der Waals surface area contributed by atoms with Gasteiger partial charge in [0.15, 0.2) is 0 Å². The monoisotopic (exact) mass is 384 g/mol. The summed E-state index contributed by atoms with van der Waals surface area (Å²) in [6.07, 6.45) is 1.26. The van der Waals surface area contributed by atoms with Crippen LogP contribution in [-0.2, 0) is 7.05 Å². The Morgan fingerprint density at radius 2 is 2.07 bits per heavy atom. The second kappa shape index (κ2) is 6.27. The fourth-order valence-corrected chi connectivity index (χ4v) is 3.97. The molecule has 3 aromatic rings. The molecule has 1 aliphatic rings. The maximum Gasteiger partial charge on any atom is 0.341 e. The molecule has 0 bridgehead atoms. The summed E-state index contributed by atoms with van der Waals surface area (Å²) < 4.78 is 16.3. The van der Waals surface area contributed by atoms with E-state index in [4.69, 9.17) is 0 Å². The number of aromatic nitrogens is 2. The fourth-order valence-electron chi connectivity index (χ4n) is 3.97. The van der Waals surface area contributed by atoms with Crippen molar-refractivity contribution in [1.29, 1.82) is 0 Å². The molecule has 0 spiro atoms. The van der Waals surface area contributed by atoms with Crippen LogP contribution in [0.25, 0.3) is 21.9 Å². The highest BCUT2D eigenvalue weighted by molar-refractivity contribution is 5.96. The van der Waals surface area contributed by atoms with Crippen LogP contribution < -0.4 is 15.6 Å². The van der Waals surface area contributed by atoms with Crippen LogP contribution in [-0.4, -0.2) is 45.8 Å². The highest BCUT2D eigenvalue weighted by Gasteiger charge is 2.39. The zero-order chi connectivity index (χ0) is 20.2. The van der Waals surface area contributed by atoms with Gasteiger partial charge >= 0.3 is 5.97 Å². The standard InChI is InChI=1S/C20H21FN4O3/c1-4-22-20(2)9-25(10-20)16-7-15-11(6-14(16)21)5-12-17(26)13(19(27)28)8-24(3)18(12)23-15/h5-8,22H,4,9-10H2,1-3H3,(H,27,28). The molecule has 1 aliphatic heterocycles. The van der Waals surface area contributed by atoms with Crippen LogP contribution in [0.15, 0.2) is 29.2 Å². The van der Waals surface area contributed by atoms with E-state index in [-0.39, 0.29) is 16.5 Å². The zero-order valence-corrected chi connectivity index (χ0v) is 15.9. The number of nitrogens with zero attached hydrogens (tertiary/aromatic N) is 3. The van der Waals surface area contributed by atoms with Gasteiger partial charge in [0.25, 0.3) is 0 Å². The number of hydrogen-bond donors (Lipinski definition) is 2. The van der Waals surface area contributed by atoms with Crippen LogP contribution in [0, 0.1) is 5.82 Å². The van der Waals surface area contributed by atoms with Gasteiger partial charge in [-0.3, -0.25) is 4.79 Å². The SMILES string of the molecule is CCNC1(C)CN(c2cc3nc4c(cc3cc2F)c(=O)c(C(=O)O)cn4C)C1. The number of nitrogens with one attached hydrogen (secondary N) is 1. The van der Waals surface area contributed by atoms with Gasteiger partial charge in [-0.25, -0.2) is 14.2 Å². The van der Waals surface area contributed by atoms with Crippen molar-refractivity contribution < 1.29 is 14.3 Å². The number of pyridine rings is 2. The number of carboxylic acids is 1. The Morgan fingerprint density at radius 1 is 1.36 bits per heavy atom. The molecule has 7 nitrogen and oxygen atoms in total. The maximum atomic E-state index is 14.7. The molecule has 1 saturated heterocycles. The number of halogens is 1. The molecular formula is C20H21FN4O3. The van der Waals surface area contributed by atoms with Gasteiger partial charge in [0.05, 0.1) is 22.1 Å². The normalized spacial score (nSPS) is 15.8. The highest BCUT2D eigenvalue weighted by Crippen LogP contribution is 2.32.